The summed E-state index contributed by atoms with van der Waals surface area (Å²) in [6.45, 7) is 7.66. The van der Waals surface area contributed by atoms with Crippen LogP contribution < -0.4 is 10.2 Å². The Balaban J connectivity index is 1.38. The number of amides is 2. The summed E-state index contributed by atoms with van der Waals surface area (Å²) in [7, 11) is 0. The van der Waals surface area contributed by atoms with E-state index >= 15 is 0 Å². The Hall–Kier alpha value is -2.45. The molecule has 2 aromatic rings. The average molecular weight is 415 g/mol. The Kier molecular flexibility index (Phi) is 5.82. The van der Waals surface area contributed by atoms with Crippen LogP contribution in [0.25, 0.3) is 11.3 Å². The lowest BCUT2D eigenvalue weighted by Gasteiger charge is -2.26. The van der Waals surface area contributed by atoms with Crippen molar-refractivity contribution in [3.63, 3.8) is 0 Å². The van der Waals surface area contributed by atoms with Crippen LogP contribution in [0, 0.1) is 5.92 Å². The van der Waals surface area contributed by atoms with Crippen molar-refractivity contribution in [3.05, 3.63) is 29.6 Å². The molecule has 8 heteroatoms. The van der Waals surface area contributed by atoms with Gasteiger partial charge in [-0.25, -0.2) is 4.98 Å². The Labute approximate surface area is 174 Å². The van der Waals surface area contributed by atoms with E-state index in [1.54, 1.807) is 16.2 Å². The summed E-state index contributed by atoms with van der Waals surface area (Å²) >= 11 is 1.64. The number of morpholine rings is 1. The van der Waals surface area contributed by atoms with E-state index in [0.29, 0.717) is 6.54 Å². The molecule has 4 rings (SSSR count). The van der Waals surface area contributed by atoms with Gasteiger partial charge in [-0.3, -0.25) is 9.59 Å². The topological polar surface area (TPSA) is 74.8 Å². The van der Waals surface area contributed by atoms with E-state index in [0.717, 1.165) is 48.4 Å². The molecule has 1 aromatic carbocycles. The number of likely N-dealkylation sites (tertiary alicyclic amines) is 1. The Morgan fingerprint density at radius 1 is 1.24 bits per heavy atom. The molecule has 1 N–H and O–H groups in total. The number of nitrogens with zero attached hydrogens (tertiary/aromatic N) is 3. The van der Waals surface area contributed by atoms with E-state index in [1.807, 2.05) is 38.1 Å². The van der Waals surface area contributed by atoms with E-state index in [2.05, 4.69) is 15.6 Å². The zero-order chi connectivity index (χ0) is 20.4. The molecule has 0 radical (unpaired) electrons. The lowest BCUT2D eigenvalue weighted by atomic mass is 10.1. The molecular formula is C21H26N4O3S. The maximum absolute atomic E-state index is 12.5. The molecule has 0 bridgehead atoms. The van der Waals surface area contributed by atoms with Crippen molar-refractivity contribution in [2.24, 2.45) is 5.92 Å². The highest BCUT2D eigenvalue weighted by Crippen LogP contribution is 2.29. The number of hydrogen-bond donors (Lipinski definition) is 1. The number of anilines is 2. The fraction of sp³-hybridized carbons (Fsp3) is 0.476. The highest BCUT2D eigenvalue weighted by Gasteiger charge is 2.35. The highest BCUT2D eigenvalue weighted by molar-refractivity contribution is 7.14. The zero-order valence-electron chi connectivity index (χ0n) is 16.8. The van der Waals surface area contributed by atoms with Crippen LogP contribution in [0.2, 0.25) is 0 Å². The second-order valence-electron chi connectivity index (χ2n) is 7.72. The third-order valence-corrected chi connectivity index (χ3v) is 6.28. The number of thiazole rings is 1. The minimum absolute atomic E-state index is 0.0510. The molecule has 1 unspecified atom stereocenters. The van der Waals surface area contributed by atoms with Crippen LogP contribution in [0.3, 0.4) is 0 Å². The molecular weight excluding hydrogens is 388 g/mol. The number of nitrogens with one attached hydrogen (secondary N) is 1. The van der Waals surface area contributed by atoms with Gasteiger partial charge < -0.3 is 19.9 Å². The van der Waals surface area contributed by atoms with Gasteiger partial charge in [-0.2, -0.15) is 0 Å². The molecule has 2 amide bonds. The second-order valence-corrected chi connectivity index (χ2v) is 8.56. The van der Waals surface area contributed by atoms with Gasteiger partial charge in [-0.1, -0.05) is 12.1 Å². The van der Waals surface area contributed by atoms with E-state index in [9.17, 15) is 9.59 Å². The van der Waals surface area contributed by atoms with Crippen LogP contribution in [-0.2, 0) is 14.3 Å². The van der Waals surface area contributed by atoms with Crippen molar-refractivity contribution in [3.8, 4) is 11.3 Å². The Morgan fingerprint density at radius 3 is 2.62 bits per heavy atom. The zero-order valence-corrected chi connectivity index (χ0v) is 17.6. The summed E-state index contributed by atoms with van der Waals surface area (Å²) in [4.78, 5) is 33.3. The molecule has 7 nitrogen and oxygen atoms in total. The number of benzene rings is 1. The third kappa shape index (κ3) is 4.43. The van der Waals surface area contributed by atoms with E-state index in [1.165, 1.54) is 0 Å². The maximum Gasteiger partial charge on any atom is 0.229 e. The average Bonchev–Trinajstić information content (AvgIpc) is 3.36. The first-order chi connectivity index (χ1) is 14.0. The number of carbonyl (C=O) groups excluding carboxylic acids is 2. The molecule has 154 valence electrons. The summed E-state index contributed by atoms with van der Waals surface area (Å²) < 4.78 is 5.40. The molecule has 0 saturated carbocycles. The maximum atomic E-state index is 12.5. The first-order valence-electron chi connectivity index (χ1n) is 10.0. The van der Waals surface area contributed by atoms with Gasteiger partial charge in [0.05, 0.1) is 24.8 Å². The summed E-state index contributed by atoms with van der Waals surface area (Å²) in [5.74, 6) is -0.341. The molecule has 0 aliphatic carbocycles. The van der Waals surface area contributed by atoms with Crippen molar-refractivity contribution in [2.75, 3.05) is 43.1 Å². The normalized spacial score (nSPS) is 19.8. The van der Waals surface area contributed by atoms with Gasteiger partial charge in [0, 0.05) is 48.7 Å². The molecule has 1 aromatic heterocycles. The third-order valence-electron chi connectivity index (χ3n) is 5.37. The minimum atomic E-state index is -0.292. The van der Waals surface area contributed by atoms with Crippen LogP contribution in [0.5, 0.6) is 0 Å². The number of ether oxygens (including phenoxy) is 1. The van der Waals surface area contributed by atoms with Crippen LogP contribution in [-0.4, -0.2) is 60.6 Å². The number of rotatable bonds is 5. The predicted octanol–water partition coefficient (Wildman–Crippen LogP) is 2.84. The Bertz CT molecular complexity index is 874. The SMILES string of the molecule is CC(C)N1CC(C(=O)Nc2ccc(-c3csc(N4CCOCC4)n3)cc2)CC1=O. The molecule has 2 fully saturated rings. The molecule has 2 aliphatic heterocycles. The summed E-state index contributed by atoms with van der Waals surface area (Å²) in [6.07, 6.45) is 0.283. The predicted molar refractivity (Wildman–Crippen MR) is 114 cm³/mol. The lowest BCUT2D eigenvalue weighted by molar-refractivity contribution is -0.129. The van der Waals surface area contributed by atoms with Gasteiger partial charge in [0.1, 0.15) is 0 Å². The standard InChI is InChI=1S/C21H26N4O3S/c1-14(2)25-12-16(11-19(25)26)20(27)22-17-5-3-15(4-6-17)18-13-29-21(23-18)24-7-9-28-10-8-24/h3-6,13-14,16H,7-12H2,1-2H3,(H,22,27). The van der Waals surface area contributed by atoms with Crippen molar-refractivity contribution >= 4 is 34.0 Å². The first-order valence-corrected chi connectivity index (χ1v) is 10.9. The van der Waals surface area contributed by atoms with E-state index < -0.39 is 0 Å². The van der Waals surface area contributed by atoms with Gasteiger partial charge in [-0.05, 0) is 26.0 Å². The van der Waals surface area contributed by atoms with E-state index in [-0.39, 0.29) is 30.2 Å². The smallest absolute Gasteiger partial charge is 0.229 e. The summed E-state index contributed by atoms with van der Waals surface area (Å²) in [5, 5.41) is 6.02. The molecule has 2 aliphatic rings. The molecule has 29 heavy (non-hydrogen) atoms. The fourth-order valence-corrected chi connectivity index (χ4v) is 4.56. The molecule has 2 saturated heterocycles. The molecule has 1 atom stereocenters. The number of hydrogen-bond acceptors (Lipinski definition) is 6. The van der Waals surface area contributed by atoms with Gasteiger partial charge in [0.25, 0.3) is 0 Å². The highest BCUT2D eigenvalue weighted by atomic mass is 32.1. The van der Waals surface area contributed by atoms with Gasteiger partial charge in [0.15, 0.2) is 5.13 Å². The molecule has 3 heterocycles. The fourth-order valence-electron chi connectivity index (χ4n) is 3.67. The van der Waals surface area contributed by atoms with Crippen LogP contribution in [0.15, 0.2) is 29.6 Å². The summed E-state index contributed by atoms with van der Waals surface area (Å²) in [6, 6.07) is 7.83. The number of carbonyl (C=O) groups is 2. The molecule has 0 spiro atoms. The van der Waals surface area contributed by atoms with Crippen LogP contribution in [0.1, 0.15) is 20.3 Å². The summed E-state index contributed by atoms with van der Waals surface area (Å²) in [5.41, 5.74) is 2.68. The van der Waals surface area contributed by atoms with Crippen LogP contribution >= 0.6 is 11.3 Å². The van der Waals surface area contributed by atoms with Crippen molar-refractivity contribution in [1.82, 2.24) is 9.88 Å². The first kappa shape index (κ1) is 19.8. The van der Waals surface area contributed by atoms with Crippen molar-refractivity contribution in [2.45, 2.75) is 26.3 Å². The van der Waals surface area contributed by atoms with Crippen LogP contribution in [0.4, 0.5) is 10.8 Å². The minimum Gasteiger partial charge on any atom is -0.378 e. The lowest BCUT2D eigenvalue weighted by Crippen LogP contribution is -2.36. The monoisotopic (exact) mass is 414 g/mol. The van der Waals surface area contributed by atoms with Crippen molar-refractivity contribution in [1.29, 1.82) is 0 Å². The van der Waals surface area contributed by atoms with Gasteiger partial charge >= 0.3 is 0 Å². The number of aromatic nitrogens is 1. The van der Waals surface area contributed by atoms with Gasteiger partial charge in [0.2, 0.25) is 11.8 Å². The van der Waals surface area contributed by atoms with Crippen molar-refractivity contribution < 1.29 is 14.3 Å². The van der Waals surface area contributed by atoms with Gasteiger partial charge in [-0.15, -0.1) is 11.3 Å². The Morgan fingerprint density at radius 2 is 1.97 bits per heavy atom. The quantitative estimate of drug-likeness (QED) is 0.814. The van der Waals surface area contributed by atoms with E-state index in [4.69, 9.17) is 9.72 Å². The second kappa shape index (κ2) is 8.51. The largest absolute Gasteiger partial charge is 0.378 e.